The van der Waals surface area contributed by atoms with Crippen molar-refractivity contribution in [2.24, 2.45) is 0 Å². The quantitative estimate of drug-likeness (QED) is 0.626. The van der Waals surface area contributed by atoms with Crippen LogP contribution in [0.15, 0.2) is 30.3 Å². The zero-order valence-corrected chi connectivity index (χ0v) is 15.0. The first kappa shape index (κ1) is 23.2. The molecule has 30 heavy (non-hydrogen) atoms. The van der Waals surface area contributed by atoms with Gasteiger partial charge in [-0.2, -0.15) is 26.3 Å². The molecule has 0 aliphatic heterocycles. The Morgan fingerprint density at radius 3 is 2.23 bits per heavy atom. The van der Waals surface area contributed by atoms with Crippen molar-refractivity contribution < 1.29 is 45.4 Å². The smallest absolute Gasteiger partial charge is 0.394 e. The molecule has 0 fully saturated rings. The number of aliphatic hydroxyl groups is 1. The Balaban J connectivity index is 2.34. The highest BCUT2D eigenvalue weighted by molar-refractivity contribution is 5.74. The lowest BCUT2D eigenvalue weighted by Gasteiger charge is -2.26. The molecule has 1 heterocycles. The molecule has 0 aliphatic rings. The van der Waals surface area contributed by atoms with E-state index in [-0.39, 0.29) is 5.56 Å². The van der Waals surface area contributed by atoms with E-state index >= 15 is 0 Å². The van der Waals surface area contributed by atoms with Crippen LogP contribution in [0, 0.1) is 5.82 Å². The third kappa shape index (κ3) is 5.28. The van der Waals surface area contributed by atoms with Crippen molar-refractivity contribution in [1.29, 1.82) is 0 Å². The van der Waals surface area contributed by atoms with E-state index in [2.05, 4.69) is 9.72 Å². The van der Waals surface area contributed by atoms with Crippen molar-refractivity contribution in [3.63, 3.8) is 0 Å². The number of nitrogens with one attached hydrogen (secondary N) is 1. The topological polar surface area (TPSA) is 97.5 Å². The summed E-state index contributed by atoms with van der Waals surface area (Å²) in [6.07, 6.45) is -11.5. The molecule has 1 atom stereocenters. The Hall–Kier alpha value is -3.09. The van der Waals surface area contributed by atoms with Crippen LogP contribution in [0.3, 0.4) is 0 Å². The summed E-state index contributed by atoms with van der Waals surface area (Å²) in [6, 6.07) is 4.15. The number of anilines is 1. The molecule has 0 spiro atoms. The summed E-state index contributed by atoms with van der Waals surface area (Å²) in [5.74, 6) is -1.55. The number of alkyl halides is 6. The Kier molecular flexibility index (Phi) is 6.16. The molecule has 1 aromatic carbocycles. The first-order chi connectivity index (χ1) is 13.6. The van der Waals surface area contributed by atoms with E-state index in [0.29, 0.717) is 13.0 Å². The standard InChI is InChI=1S/C17H14F7N3O3/c1-15(29,17(22,23)24)7-26-14(28)30-13-11(25)6-10(16(19,20)21)12(27-13)8-2-4-9(18)5-3-8/h2-6,29H,7,25H2,1H3,(H,26,28)/t15-/m1/s1. The van der Waals surface area contributed by atoms with Crippen LogP contribution in [0.1, 0.15) is 12.5 Å². The van der Waals surface area contributed by atoms with Gasteiger partial charge in [0.25, 0.3) is 0 Å². The first-order valence-electron chi connectivity index (χ1n) is 8.00. The lowest BCUT2D eigenvalue weighted by atomic mass is 10.0. The van der Waals surface area contributed by atoms with Crippen molar-refractivity contribution in [1.82, 2.24) is 10.3 Å². The van der Waals surface area contributed by atoms with Crippen molar-refractivity contribution in [2.45, 2.75) is 24.9 Å². The number of hydrogen-bond donors (Lipinski definition) is 3. The van der Waals surface area contributed by atoms with Crippen LogP contribution < -0.4 is 15.8 Å². The Labute approximate surface area is 164 Å². The monoisotopic (exact) mass is 441 g/mol. The zero-order valence-electron chi connectivity index (χ0n) is 15.0. The Bertz CT molecular complexity index is 926. The SMILES string of the molecule is C[C@@](O)(CNC(=O)Oc1nc(-c2ccc(F)cc2)c(C(F)(F)F)cc1N)C(F)(F)F. The van der Waals surface area contributed by atoms with Crippen LogP contribution in [0.5, 0.6) is 5.88 Å². The molecular weight excluding hydrogens is 427 g/mol. The maximum absolute atomic E-state index is 13.3. The minimum atomic E-state index is -5.07. The zero-order chi connectivity index (χ0) is 22.9. The summed E-state index contributed by atoms with van der Waals surface area (Å²) in [5.41, 5.74) is -0.827. The van der Waals surface area contributed by atoms with Gasteiger partial charge in [-0.15, -0.1) is 0 Å². The van der Waals surface area contributed by atoms with Gasteiger partial charge < -0.3 is 20.9 Å². The van der Waals surface area contributed by atoms with Gasteiger partial charge in [-0.05, 0) is 37.3 Å². The fourth-order valence-electron chi connectivity index (χ4n) is 2.11. The van der Waals surface area contributed by atoms with Crippen LogP contribution in [0.4, 0.5) is 41.2 Å². The molecule has 13 heteroatoms. The number of pyridine rings is 1. The van der Waals surface area contributed by atoms with Gasteiger partial charge in [0.2, 0.25) is 5.88 Å². The number of aromatic nitrogens is 1. The summed E-state index contributed by atoms with van der Waals surface area (Å²) in [7, 11) is 0. The molecular formula is C17H14F7N3O3. The van der Waals surface area contributed by atoms with Crippen molar-refractivity contribution in [2.75, 3.05) is 12.3 Å². The highest BCUT2D eigenvalue weighted by Gasteiger charge is 2.50. The summed E-state index contributed by atoms with van der Waals surface area (Å²) >= 11 is 0. The van der Waals surface area contributed by atoms with Crippen molar-refractivity contribution in [3.05, 3.63) is 41.7 Å². The van der Waals surface area contributed by atoms with Gasteiger partial charge in [0.1, 0.15) is 5.82 Å². The van der Waals surface area contributed by atoms with Gasteiger partial charge in [0.15, 0.2) is 5.60 Å². The number of nitrogens with two attached hydrogens (primary N) is 1. The number of rotatable bonds is 4. The second-order valence-corrected chi connectivity index (χ2v) is 6.30. The minimum Gasteiger partial charge on any atom is -0.394 e. The number of amides is 1. The summed E-state index contributed by atoms with van der Waals surface area (Å²) in [6.45, 7) is -0.911. The maximum Gasteiger partial charge on any atom is 0.418 e. The van der Waals surface area contributed by atoms with E-state index in [1.165, 1.54) is 0 Å². The van der Waals surface area contributed by atoms with Gasteiger partial charge in [-0.1, -0.05) is 0 Å². The Morgan fingerprint density at radius 2 is 1.73 bits per heavy atom. The van der Waals surface area contributed by atoms with E-state index in [4.69, 9.17) is 5.73 Å². The Morgan fingerprint density at radius 1 is 1.17 bits per heavy atom. The van der Waals surface area contributed by atoms with E-state index in [1.807, 2.05) is 0 Å². The van der Waals surface area contributed by atoms with E-state index in [0.717, 1.165) is 24.3 Å². The molecule has 0 radical (unpaired) electrons. The average Bonchev–Trinajstić information content (AvgIpc) is 2.60. The van der Waals surface area contributed by atoms with Crippen LogP contribution in [0.2, 0.25) is 0 Å². The van der Waals surface area contributed by atoms with Gasteiger partial charge >= 0.3 is 18.4 Å². The van der Waals surface area contributed by atoms with Gasteiger partial charge in [0.05, 0.1) is 23.5 Å². The fraction of sp³-hybridized carbons (Fsp3) is 0.294. The molecule has 164 valence electrons. The average molecular weight is 441 g/mol. The second kappa shape index (κ2) is 7.97. The molecule has 2 aromatic rings. The normalized spacial score (nSPS) is 14.2. The number of nitrogens with zero attached hydrogens (tertiary/aromatic N) is 1. The highest BCUT2D eigenvalue weighted by Crippen LogP contribution is 2.39. The van der Waals surface area contributed by atoms with Gasteiger partial charge in [-0.25, -0.2) is 14.2 Å². The van der Waals surface area contributed by atoms with E-state index in [1.54, 1.807) is 5.32 Å². The maximum atomic E-state index is 13.3. The molecule has 0 saturated heterocycles. The molecule has 0 unspecified atom stereocenters. The molecule has 1 aromatic heterocycles. The number of benzene rings is 1. The molecule has 0 saturated carbocycles. The molecule has 0 bridgehead atoms. The highest BCUT2D eigenvalue weighted by atomic mass is 19.4. The number of hydrogen-bond acceptors (Lipinski definition) is 5. The van der Waals surface area contributed by atoms with Crippen LogP contribution >= 0.6 is 0 Å². The second-order valence-electron chi connectivity index (χ2n) is 6.30. The molecule has 6 nitrogen and oxygen atoms in total. The van der Waals surface area contributed by atoms with Crippen molar-refractivity contribution >= 4 is 11.8 Å². The number of carbonyl (C=O) groups is 1. The molecule has 0 aliphatic carbocycles. The van der Waals surface area contributed by atoms with Crippen LogP contribution in [-0.4, -0.2) is 34.5 Å². The molecule has 2 rings (SSSR count). The van der Waals surface area contributed by atoms with E-state index in [9.17, 15) is 40.6 Å². The third-order valence-corrected chi connectivity index (χ3v) is 3.82. The molecule has 4 N–H and O–H groups in total. The number of nitrogen functional groups attached to an aromatic ring is 1. The predicted octanol–water partition coefficient (Wildman–Crippen LogP) is 3.89. The van der Waals surface area contributed by atoms with Crippen LogP contribution in [-0.2, 0) is 6.18 Å². The van der Waals surface area contributed by atoms with E-state index < -0.39 is 59.2 Å². The number of carbonyl (C=O) groups excluding carboxylic acids is 1. The number of ether oxygens (including phenoxy) is 1. The van der Waals surface area contributed by atoms with Gasteiger partial charge in [-0.3, -0.25) is 0 Å². The largest absolute Gasteiger partial charge is 0.418 e. The van der Waals surface area contributed by atoms with Crippen molar-refractivity contribution in [3.8, 4) is 17.1 Å². The lowest BCUT2D eigenvalue weighted by Crippen LogP contribution is -2.51. The fourth-order valence-corrected chi connectivity index (χ4v) is 2.11. The minimum absolute atomic E-state index is 0.186. The summed E-state index contributed by atoms with van der Waals surface area (Å²) in [4.78, 5) is 15.3. The van der Waals surface area contributed by atoms with Crippen LogP contribution in [0.25, 0.3) is 11.3 Å². The molecule has 1 amide bonds. The van der Waals surface area contributed by atoms with Gasteiger partial charge in [0, 0.05) is 5.56 Å². The first-order valence-corrected chi connectivity index (χ1v) is 8.00. The predicted molar refractivity (Wildman–Crippen MR) is 89.8 cm³/mol. The summed E-state index contributed by atoms with van der Waals surface area (Å²) in [5, 5.41) is 10.9. The number of halogens is 7. The summed E-state index contributed by atoms with van der Waals surface area (Å²) < 4.78 is 95.4. The third-order valence-electron chi connectivity index (χ3n) is 3.82. The lowest BCUT2D eigenvalue weighted by molar-refractivity contribution is -0.249.